The Morgan fingerprint density at radius 2 is 1.85 bits per heavy atom. The lowest BCUT2D eigenvalue weighted by Crippen LogP contribution is -2.22. The van der Waals surface area contributed by atoms with Gasteiger partial charge in [-0.05, 0) is 44.0 Å². The number of nitrogens with zero attached hydrogens (tertiary/aromatic N) is 2. The number of esters is 1. The molecule has 0 unspecified atom stereocenters. The molecule has 2 aromatic carbocycles. The van der Waals surface area contributed by atoms with Crippen molar-refractivity contribution in [2.24, 2.45) is 5.10 Å². The lowest BCUT2D eigenvalue weighted by molar-refractivity contribution is 0.0700. The molecule has 0 amide bonds. The molecule has 4 aromatic rings. The van der Waals surface area contributed by atoms with Crippen LogP contribution in [0.15, 0.2) is 81.3 Å². The quantitative estimate of drug-likeness (QED) is 0.261. The minimum Gasteiger partial charge on any atom is -0.453 e. The van der Waals surface area contributed by atoms with Crippen LogP contribution in [0.1, 0.15) is 40.3 Å². The highest BCUT2D eigenvalue weighted by Gasteiger charge is 2.29. The number of aromatic nitrogens is 1. The maximum atomic E-state index is 13.0. The maximum absolute atomic E-state index is 13.0. The third-order valence-corrected chi connectivity index (χ3v) is 6.89. The first-order valence-electron chi connectivity index (χ1n) is 10.8. The zero-order valence-electron chi connectivity index (χ0n) is 18.3. The molecule has 0 fully saturated rings. The van der Waals surface area contributed by atoms with Gasteiger partial charge in [0.15, 0.2) is 5.75 Å². The topological polar surface area (TPSA) is 111 Å². The highest BCUT2D eigenvalue weighted by atomic mass is 32.2. The Hall–Kier alpha value is -3.98. The Morgan fingerprint density at radius 3 is 2.68 bits per heavy atom. The Kier molecular flexibility index (Phi) is 5.62. The molecule has 0 radical (unpaired) electrons. The second-order valence-electron chi connectivity index (χ2n) is 7.89. The summed E-state index contributed by atoms with van der Waals surface area (Å²) in [5.74, 6) is 0.346. The van der Waals surface area contributed by atoms with E-state index in [0.717, 1.165) is 5.39 Å². The summed E-state index contributed by atoms with van der Waals surface area (Å²) in [6, 6.07) is 17.1. The second kappa shape index (κ2) is 8.75. The summed E-state index contributed by atoms with van der Waals surface area (Å²) in [7, 11) is -3.81. The first-order chi connectivity index (χ1) is 16.4. The Morgan fingerprint density at radius 1 is 1.06 bits per heavy atom. The van der Waals surface area contributed by atoms with Crippen LogP contribution in [0.3, 0.4) is 0 Å². The van der Waals surface area contributed by atoms with Crippen LogP contribution in [0.5, 0.6) is 5.75 Å². The normalized spacial score (nSPS) is 14.7. The number of sulfonamides is 1. The number of rotatable bonds is 5. The van der Waals surface area contributed by atoms with Gasteiger partial charge in [-0.3, -0.25) is 4.98 Å². The van der Waals surface area contributed by atoms with Crippen molar-refractivity contribution in [1.29, 1.82) is 0 Å². The molecule has 9 heteroatoms. The number of carbonyl (C=O) groups is 1. The highest BCUT2D eigenvalue weighted by molar-refractivity contribution is 7.89. The van der Waals surface area contributed by atoms with Gasteiger partial charge >= 0.3 is 5.97 Å². The molecule has 0 bridgehead atoms. The highest BCUT2D eigenvalue weighted by Crippen LogP contribution is 2.31. The number of furan rings is 1. The molecule has 172 valence electrons. The largest absolute Gasteiger partial charge is 0.453 e. The van der Waals surface area contributed by atoms with Crippen LogP contribution >= 0.6 is 0 Å². The molecule has 0 aliphatic heterocycles. The Balaban J connectivity index is 1.44. The van der Waals surface area contributed by atoms with Crippen molar-refractivity contribution < 1.29 is 22.4 Å². The average Bonchev–Trinajstić information content (AvgIpc) is 3.21. The summed E-state index contributed by atoms with van der Waals surface area (Å²) in [6.07, 6.45) is 3.51. The maximum Gasteiger partial charge on any atom is 0.380 e. The minimum atomic E-state index is -3.81. The molecule has 2 heterocycles. The van der Waals surface area contributed by atoms with E-state index in [1.165, 1.54) is 12.1 Å². The smallest absolute Gasteiger partial charge is 0.380 e. The second-order valence-corrected chi connectivity index (χ2v) is 9.56. The van der Waals surface area contributed by atoms with Crippen LogP contribution in [0.2, 0.25) is 0 Å². The summed E-state index contributed by atoms with van der Waals surface area (Å²) >= 11 is 0. The van der Waals surface area contributed by atoms with Gasteiger partial charge in [-0.1, -0.05) is 36.4 Å². The molecule has 0 saturated carbocycles. The molecule has 8 nitrogen and oxygen atoms in total. The van der Waals surface area contributed by atoms with E-state index in [-0.39, 0.29) is 10.7 Å². The third-order valence-electron chi connectivity index (χ3n) is 5.66. The van der Waals surface area contributed by atoms with Crippen LogP contribution in [-0.2, 0) is 16.4 Å². The van der Waals surface area contributed by atoms with Gasteiger partial charge in [-0.2, -0.15) is 18.4 Å². The van der Waals surface area contributed by atoms with Crippen molar-refractivity contribution in [3.63, 3.8) is 0 Å². The van der Waals surface area contributed by atoms with Crippen molar-refractivity contribution in [3.8, 4) is 5.75 Å². The number of aryl methyl sites for hydroxylation is 1. The van der Waals surface area contributed by atoms with Crippen molar-refractivity contribution in [3.05, 3.63) is 89.5 Å². The van der Waals surface area contributed by atoms with Crippen molar-refractivity contribution >= 4 is 32.6 Å². The lowest BCUT2D eigenvalue weighted by atomic mass is 9.93. The fraction of sp³-hybridized carbons (Fsp3) is 0.160. The molecule has 1 N–H and O–H groups in total. The molecule has 0 spiro atoms. The zero-order valence-corrected chi connectivity index (χ0v) is 19.1. The number of nitrogens with one attached hydrogen (secondary N) is 1. The predicted octanol–water partition coefficient (Wildman–Crippen LogP) is 4.37. The van der Waals surface area contributed by atoms with E-state index in [9.17, 15) is 13.2 Å². The molecule has 34 heavy (non-hydrogen) atoms. The van der Waals surface area contributed by atoms with Gasteiger partial charge in [0.1, 0.15) is 11.3 Å². The SMILES string of the molecule is Cc1c(C(=O)Oc2cccc3cccnc23)oc2c1/C(=N/NS(=O)(=O)c1ccccc1)CCC2. The number of fused-ring (bicyclic) bond motifs is 2. The standard InChI is InChI=1S/C25H21N3O5S/c1-16-22-19(27-28-34(30,31)18-10-3-2-4-11-18)12-6-13-20(22)32-24(16)25(29)33-21-14-5-8-17-9-7-15-26-23(17)21/h2-5,7-11,14-15,28H,6,12-13H2,1H3/b27-19+. The lowest BCUT2D eigenvalue weighted by Gasteiger charge is -2.14. The number of hydrogen-bond acceptors (Lipinski definition) is 7. The minimum absolute atomic E-state index is 0.0680. The van der Waals surface area contributed by atoms with E-state index in [1.807, 2.05) is 18.2 Å². The van der Waals surface area contributed by atoms with Gasteiger partial charge in [0, 0.05) is 29.1 Å². The van der Waals surface area contributed by atoms with Crippen LogP contribution in [0, 0.1) is 6.92 Å². The number of ether oxygens (including phenoxy) is 1. The summed E-state index contributed by atoms with van der Waals surface area (Å²) in [6.45, 7) is 1.74. The van der Waals surface area contributed by atoms with Crippen LogP contribution in [-0.4, -0.2) is 25.1 Å². The molecular formula is C25H21N3O5S. The fourth-order valence-electron chi connectivity index (χ4n) is 4.05. The number of hydrogen-bond donors (Lipinski definition) is 1. The average molecular weight is 476 g/mol. The molecule has 1 aliphatic carbocycles. The summed E-state index contributed by atoms with van der Waals surface area (Å²) in [5, 5.41) is 5.04. The number of hydrazone groups is 1. The summed E-state index contributed by atoms with van der Waals surface area (Å²) in [4.78, 5) is 19.7. The van der Waals surface area contributed by atoms with Crippen LogP contribution in [0.4, 0.5) is 0 Å². The number of pyridine rings is 1. The van der Waals surface area contributed by atoms with E-state index in [4.69, 9.17) is 9.15 Å². The van der Waals surface area contributed by atoms with Crippen LogP contribution in [0.25, 0.3) is 10.9 Å². The van der Waals surface area contributed by atoms with Gasteiger partial charge in [-0.25, -0.2) is 4.79 Å². The number of para-hydroxylation sites is 1. The Bertz CT molecular complexity index is 1520. The van der Waals surface area contributed by atoms with E-state index < -0.39 is 16.0 Å². The predicted molar refractivity (Wildman–Crippen MR) is 126 cm³/mol. The van der Waals surface area contributed by atoms with E-state index >= 15 is 0 Å². The third kappa shape index (κ3) is 4.06. The van der Waals surface area contributed by atoms with Crippen molar-refractivity contribution in [2.75, 3.05) is 0 Å². The molecule has 0 atom stereocenters. The van der Waals surface area contributed by atoms with Gasteiger partial charge < -0.3 is 9.15 Å². The van der Waals surface area contributed by atoms with Gasteiger partial charge in [0.2, 0.25) is 5.76 Å². The number of carbonyl (C=O) groups excluding carboxylic acids is 1. The van der Waals surface area contributed by atoms with Gasteiger partial charge in [0.05, 0.1) is 10.6 Å². The fourth-order valence-corrected chi connectivity index (χ4v) is 4.90. The molecular weight excluding hydrogens is 454 g/mol. The Labute approximate surface area is 196 Å². The number of benzene rings is 2. The van der Waals surface area contributed by atoms with Crippen LogP contribution < -0.4 is 9.57 Å². The summed E-state index contributed by atoms with van der Waals surface area (Å²) < 4.78 is 36.7. The summed E-state index contributed by atoms with van der Waals surface area (Å²) in [5.41, 5.74) is 2.30. The first-order valence-corrected chi connectivity index (χ1v) is 12.2. The molecule has 5 rings (SSSR count). The van der Waals surface area contributed by atoms with Gasteiger partial charge in [0.25, 0.3) is 10.0 Å². The van der Waals surface area contributed by atoms with E-state index in [0.29, 0.717) is 53.1 Å². The van der Waals surface area contributed by atoms with Crippen molar-refractivity contribution in [2.45, 2.75) is 31.1 Å². The first kappa shape index (κ1) is 21.8. The molecule has 2 aromatic heterocycles. The van der Waals surface area contributed by atoms with Gasteiger partial charge in [-0.15, -0.1) is 0 Å². The van der Waals surface area contributed by atoms with Crippen molar-refractivity contribution in [1.82, 2.24) is 9.82 Å². The van der Waals surface area contributed by atoms with E-state index in [2.05, 4.69) is 14.9 Å². The monoisotopic (exact) mass is 475 g/mol. The molecule has 0 saturated heterocycles. The van der Waals surface area contributed by atoms with E-state index in [1.54, 1.807) is 43.5 Å². The molecule has 1 aliphatic rings. The zero-order chi connectivity index (χ0) is 23.7.